The van der Waals surface area contributed by atoms with Crippen molar-refractivity contribution in [1.82, 2.24) is 10.2 Å². The average Bonchev–Trinajstić information content (AvgIpc) is 2.38. The summed E-state index contributed by atoms with van der Waals surface area (Å²) >= 11 is 0. The van der Waals surface area contributed by atoms with Gasteiger partial charge in [0.1, 0.15) is 0 Å². The zero-order valence-corrected chi connectivity index (χ0v) is 7.06. The molecule has 0 radical (unpaired) electrons. The van der Waals surface area contributed by atoms with Crippen LogP contribution in [0.2, 0.25) is 0 Å². The van der Waals surface area contributed by atoms with Gasteiger partial charge in [0.05, 0.1) is 0 Å². The monoisotopic (exact) mass is 142 g/mol. The van der Waals surface area contributed by atoms with Crippen molar-refractivity contribution in [1.29, 1.82) is 0 Å². The minimum absolute atomic E-state index is 0.729. The molecule has 2 heteroatoms. The SMILES string of the molecule is CNC[C@H](C)N1CCCC1. The topological polar surface area (TPSA) is 15.3 Å². The first kappa shape index (κ1) is 8.02. The summed E-state index contributed by atoms with van der Waals surface area (Å²) in [7, 11) is 2.02. The highest BCUT2D eigenvalue weighted by molar-refractivity contribution is 4.73. The van der Waals surface area contributed by atoms with Crippen molar-refractivity contribution in [2.75, 3.05) is 26.7 Å². The minimum Gasteiger partial charge on any atom is -0.318 e. The van der Waals surface area contributed by atoms with Gasteiger partial charge >= 0.3 is 0 Å². The van der Waals surface area contributed by atoms with Crippen molar-refractivity contribution in [2.45, 2.75) is 25.8 Å². The molecule has 1 heterocycles. The number of nitrogens with one attached hydrogen (secondary N) is 1. The van der Waals surface area contributed by atoms with Crippen LogP contribution in [-0.2, 0) is 0 Å². The molecule has 1 aliphatic rings. The minimum atomic E-state index is 0.729. The van der Waals surface area contributed by atoms with Crippen LogP contribution >= 0.6 is 0 Å². The van der Waals surface area contributed by atoms with Gasteiger partial charge in [-0.25, -0.2) is 0 Å². The first-order valence-corrected chi connectivity index (χ1v) is 4.23. The van der Waals surface area contributed by atoms with Crippen molar-refractivity contribution in [2.24, 2.45) is 0 Å². The maximum atomic E-state index is 3.20. The Hall–Kier alpha value is -0.0800. The summed E-state index contributed by atoms with van der Waals surface area (Å²) in [4.78, 5) is 2.55. The largest absolute Gasteiger partial charge is 0.318 e. The summed E-state index contributed by atoms with van der Waals surface area (Å²) < 4.78 is 0. The average molecular weight is 142 g/mol. The molecule has 0 aliphatic carbocycles. The van der Waals surface area contributed by atoms with E-state index in [9.17, 15) is 0 Å². The lowest BCUT2D eigenvalue weighted by Gasteiger charge is -2.22. The smallest absolute Gasteiger partial charge is 0.0192 e. The molecule has 1 fully saturated rings. The Morgan fingerprint density at radius 2 is 2.00 bits per heavy atom. The van der Waals surface area contributed by atoms with Crippen LogP contribution in [-0.4, -0.2) is 37.6 Å². The highest BCUT2D eigenvalue weighted by Crippen LogP contribution is 2.10. The second-order valence-electron chi connectivity index (χ2n) is 3.15. The standard InChI is InChI=1S/C8H18N2/c1-8(7-9-2)10-5-3-4-6-10/h8-9H,3-7H2,1-2H3/t8-/m0/s1. The molecule has 60 valence electrons. The molecule has 1 saturated heterocycles. The van der Waals surface area contributed by atoms with Crippen LogP contribution < -0.4 is 5.32 Å². The number of likely N-dealkylation sites (tertiary alicyclic amines) is 1. The summed E-state index contributed by atoms with van der Waals surface area (Å²) in [5.74, 6) is 0. The zero-order chi connectivity index (χ0) is 7.40. The third kappa shape index (κ3) is 1.96. The fraction of sp³-hybridized carbons (Fsp3) is 1.00. The lowest BCUT2D eigenvalue weighted by molar-refractivity contribution is 0.255. The molecule has 0 amide bonds. The van der Waals surface area contributed by atoms with Crippen LogP contribution in [0.15, 0.2) is 0 Å². The summed E-state index contributed by atoms with van der Waals surface area (Å²) in [6.45, 7) is 6.04. The molecule has 2 nitrogen and oxygen atoms in total. The van der Waals surface area contributed by atoms with Gasteiger partial charge in [0.2, 0.25) is 0 Å². The Morgan fingerprint density at radius 3 is 2.50 bits per heavy atom. The second-order valence-corrected chi connectivity index (χ2v) is 3.15. The van der Waals surface area contributed by atoms with Gasteiger partial charge in [-0.05, 0) is 39.9 Å². The molecule has 0 bridgehead atoms. The molecule has 0 aromatic rings. The summed E-state index contributed by atoms with van der Waals surface area (Å²) in [6.07, 6.45) is 2.79. The van der Waals surface area contributed by atoms with Gasteiger partial charge in [-0.15, -0.1) is 0 Å². The molecule has 0 spiro atoms. The fourth-order valence-electron chi connectivity index (χ4n) is 1.61. The summed E-state index contributed by atoms with van der Waals surface area (Å²) in [5, 5.41) is 3.20. The van der Waals surface area contributed by atoms with Gasteiger partial charge < -0.3 is 5.32 Å². The molecule has 1 N–H and O–H groups in total. The highest BCUT2D eigenvalue weighted by atomic mass is 15.2. The van der Waals surface area contributed by atoms with E-state index < -0.39 is 0 Å². The van der Waals surface area contributed by atoms with Crippen molar-refractivity contribution < 1.29 is 0 Å². The number of hydrogen-bond acceptors (Lipinski definition) is 2. The normalized spacial score (nSPS) is 23.4. The molecule has 0 aromatic heterocycles. The zero-order valence-electron chi connectivity index (χ0n) is 7.06. The Labute approximate surface area is 63.6 Å². The van der Waals surface area contributed by atoms with E-state index >= 15 is 0 Å². The van der Waals surface area contributed by atoms with Crippen molar-refractivity contribution in [3.63, 3.8) is 0 Å². The van der Waals surface area contributed by atoms with Crippen molar-refractivity contribution in [3.05, 3.63) is 0 Å². The lowest BCUT2D eigenvalue weighted by Crippen LogP contribution is -2.37. The molecule has 1 aliphatic heterocycles. The Kier molecular flexibility index (Phi) is 3.16. The molecule has 1 rings (SSSR count). The third-order valence-electron chi connectivity index (χ3n) is 2.26. The van der Waals surface area contributed by atoms with Crippen molar-refractivity contribution in [3.8, 4) is 0 Å². The summed E-state index contributed by atoms with van der Waals surface area (Å²) in [5.41, 5.74) is 0. The molecular formula is C8H18N2. The van der Waals surface area contributed by atoms with Gasteiger partial charge in [0, 0.05) is 12.6 Å². The molecule has 10 heavy (non-hydrogen) atoms. The van der Waals surface area contributed by atoms with E-state index in [0.717, 1.165) is 12.6 Å². The van der Waals surface area contributed by atoms with E-state index in [1.54, 1.807) is 0 Å². The first-order chi connectivity index (χ1) is 4.84. The number of rotatable bonds is 3. The predicted molar refractivity (Wildman–Crippen MR) is 44.2 cm³/mol. The Bertz CT molecular complexity index is 87.3. The molecule has 1 atom stereocenters. The third-order valence-corrected chi connectivity index (χ3v) is 2.26. The van der Waals surface area contributed by atoms with E-state index in [0.29, 0.717) is 0 Å². The lowest BCUT2D eigenvalue weighted by atomic mass is 10.3. The Morgan fingerprint density at radius 1 is 1.40 bits per heavy atom. The number of hydrogen-bond donors (Lipinski definition) is 1. The number of nitrogens with zero attached hydrogens (tertiary/aromatic N) is 1. The molecular weight excluding hydrogens is 124 g/mol. The van der Waals surface area contributed by atoms with E-state index in [4.69, 9.17) is 0 Å². The van der Waals surface area contributed by atoms with E-state index in [1.807, 2.05) is 7.05 Å². The van der Waals surface area contributed by atoms with Crippen LogP contribution in [0.25, 0.3) is 0 Å². The fourth-order valence-corrected chi connectivity index (χ4v) is 1.61. The van der Waals surface area contributed by atoms with E-state index in [2.05, 4.69) is 17.1 Å². The van der Waals surface area contributed by atoms with Gasteiger partial charge in [-0.1, -0.05) is 0 Å². The van der Waals surface area contributed by atoms with Gasteiger partial charge in [0.15, 0.2) is 0 Å². The second kappa shape index (κ2) is 3.94. The number of likely N-dealkylation sites (N-methyl/N-ethyl adjacent to an activating group) is 1. The molecule has 0 aromatic carbocycles. The van der Waals surface area contributed by atoms with Crippen LogP contribution in [0.1, 0.15) is 19.8 Å². The first-order valence-electron chi connectivity index (χ1n) is 4.23. The maximum Gasteiger partial charge on any atom is 0.0192 e. The van der Waals surface area contributed by atoms with Crippen LogP contribution in [0.3, 0.4) is 0 Å². The van der Waals surface area contributed by atoms with E-state index in [-0.39, 0.29) is 0 Å². The molecule has 0 saturated carbocycles. The van der Waals surface area contributed by atoms with Gasteiger partial charge in [-0.2, -0.15) is 0 Å². The Balaban J connectivity index is 2.18. The van der Waals surface area contributed by atoms with Crippen molar-refractivity contribution >= 4 is 0 Å². The van der Waals surface area contributed by atoms with E-state index in [1.165, 1.54) is 25.9 Å². The quantitative estimate of drug-likeness (QED) is 0.623. The van der Waals surface area contributed by atoms with Gasteiger partial charge in [-0.3, -0.25) is 4.90 Å². The predicted octanol–water partition coefficient (Wildman–Crippen LogP) is 0.690. The maximum absolute atomic E-state index is 3.20. The van der Waals surface area contributed by atoms with Crippen LogP contribution in [0.5, 0.6) is 0 Å². The highest BCUT2D eigenvalue weighted by Gasteiger charge is 2.16. The van der Waals surface area contributed by atoms with Crippen LogP contribution in [0.4, 0.5) is 0 Å². The molecule has 0 unspecified atom stereocenters. The van der Waals surface area contributed by atoms with Gasteiger partial charge in [0.25, 0.3) is 0 Å². The summed E-state index contributed by atoms with van der Waals surface area (Å²) in [6, 6.07) is 0.729. The van der Waals surface area contributed by atoms with Crippen LogP contribution in [0, 0.1) is 0 Å².